The van der Waals surface area contributed by atoms with Crippen LogP contribution in [0.2, 0.25) is 0 Å². The lowest BCUT2D eigenvalue weighted by molar-refractivity contribution is 0.0713. The average molecular weight is 287 g/mol. The summed E-state index contributed by atoms with van der Waals surface area (Å²) in [7, 11) is -3.11. The van der Waals surface area contributed by atoms with Crippen molar-refractivity contribution in [3.63, 3.8) is 0 Å². The van der Waals surface area contributed by atoms with Crippen molar-refractivity contribution in [1.29, 1.82) is 0 Å². The number of amides is 1. The lowest BCUT2D eigenvalue weighted by Gasteiger charge is -2.33. The molecular weight excluding hydrogens is 273 g/mol. The summed E-state index contributed by atoms with van der Waals surface area (Å²) in [6.07, 6.45) is 0.927. The highest BCUT2D eigenvalue weighted by Crippen LogP contribution is 2.18. The Morgan fingerprint density at radius 3 is 2.89 bits per heavy atom. The third-order valence-corrected chi connectivity index (χ3v) is 4.84. The molecule has 0 saturated carbocycles. The molecule has 1 aliphatic rings. The van der Waals surface area contributed by atoms with Crippen LogP contribution in [0.5, 0.6) is 0 Å². The fraction of sp³-hybridized carbons (Fsp3) is 0.455. The summed E-state index contributed by atoms with van der Waals surface area (Å²) in [5.41, 5.74) is 5.52. The summed E-state index contributed by atoms with van der Waals surface area (Å²) < 4.78 is 36.0. The Morgan fingerprint density at radius 2 is 2.26 bits per heavy atom. The summed E-state index contributed by atoms with van der Waals surface area (Å²) in [5.74, 6) is -1.40. The van der Waals surface area contributed by atoms with E-state index in [1.165, 1.54) is 4.90 Å². The largest absolute Gasteiger partial charge is 0.383 e. The van der Waals surface area contributed by atoms with Crippen molar-refractivity contribution in [3.8, 4) is 0 Å². The SMILES string of the molecule is CC1CS(=O)(=O)CCN1C(=O)c1cc(F)cnc1N. The molecule has 1 unspecified atom stereocenters. The second-order valence-corrected chi connectivity index (χ2v) is 6.78. The van der Waals surface area contributed by atoms with Crippen LogP contribution in [0.1, 0.15) is 17.3 Å². The fourth-order valence-corrected chi connectivity index (χ4v) is 3.63. The fourth-order valence-electron chi connectivity index (χ4n) is 2.08. The highest BCUT2D eigenvalue weighted by molar-refractivity contribution is 7.91. The van der Waals surface area contributed by atoms with Crippen molar-refractivity contribution in [3.05, 3.63) is 23.6 Å². The van der Waals surface area contributed by atoms with Gasteiger partial charge in [0.25, 0.3) is 5.91 Å². The predicted molar refractivity (Wildman–Crippen MR) is 67.8 cm³/mol. The zero-order valence-electron chi connectivity index (χ0n) is 10.3. The third-order valence-electron chi connectivity index (χ3n) is 3.05. The highest BCUT2D eigenvalue weighted by atomic mass is 32.2. The van der Waals surface area contributed by atoms with E-state index < -0.39 is 27.6 Å². The van der Waals surface area contributed by atoms with E-state index in [0.29, 0.717) is 0 Å². The molecule has 2 heterocycles. The van der Waals surface area contributed by atoms with Crippen LogP contribution < -0.4 is 5.73 Å². The van der Waals surface area contributed by atoms with Crippen LogP contribution in [-0.4, -0.2) is 48.3 Å². The smallest absolute Gasteiger partial charge is 0.258 e. The monoisotopic (exact) mass is 287 g/mol. The minimum atomic E-state index is -3.11. The molecule has 6 nitrogen and oxygen atoms in total. The number of aromatic nitrogens is 1. The Morgan fingerprint density at radius 1 is 1.58 bits per heavy atom. The first-order chi connectivity index (χ1) is 8.80. The summed E-state index contributed by atoms with van der Waals surface area (Å²) in [5, 5.41) is 0. The van der Waals surface area contributed by atoms with Gasteiger partial charge in [0.15, 0.2) is 9.84 Å². The molecule has 0 bridgehead atoms. The number of carbonyl (C=O) groups excluding carboxylic acids is 1. The number of hydrogen-bond acceptors (Lipinski definition) is 5. The lowest BCUT2D eigenvalue weighted by Crippen LogP contribution is -2.49. The van der Waals surface area contributed by atoms with E-state index in [1.807, 2.05) is 0 Å². The summed E-state index contributed by atoms with van der Waals surface area (Å²) in [6.45, 7) is 1.72. The molecule has 1 fully saturated rings. The minimum Gasteiger partial charge on any atom is -0.383 e. The first-order valence-electron chi connectivity index (χ1n) is 5.72. The maximum Gasteiger partial charge on any atom is 0.258 e. The molecule has 2 rings (SSSR count). The minimum absolute atomic E-state index is 0.0360. The van der Waals surface area contributed by atoms with Crippen molar-refractivity contribution in [2.24, 2.45) is 0 Å². The van der Waals surface area contributed by atoms with Gasteiger partial charge < -0.3 is 10.6 Å². The topological polar surface area (TPSA) is 93.4 Å². The number of hydrogen-bond donors (Lipinski definition) is 1. The summed E-state index contributed by atoms with van der Waals surface area (Å²) in [6, 6.07) is 0.550. The van der Waals surface area contributed by atoms with Gasteiger partial charge in [-0.1, -0.05) is 0 Å². The van der Waals surface area contributed by atoms with Crippen molar-refractivity contribution >= 4 is 21.6 Å². The molecule has 1 aromatic heterocycles. The summed E-state index contributed by atoms with van der Waals surface area (Å²) >= 11 is 0. The van der Waals surface area contributed by atoms with Gasteiger partial charge in [-0.2, -0.15) is 0 Å². The Balaban J connectivity index is 2.27. The number of sulfone groups is 1. The highest BCUT2D eigenvalue weighted by Gasteiger charge is 2.32. The summed E-state index contributed by atoms with van der Waals surface area (Å²) in [4.78, 5) is 17.2. The molecule has 1 atom stereocenters. The molecule has 19 heavy (non-hydrogen) atoms. The first kappa shape index (κ1) is 13.7. The van der Waals surface area contributed by atoms with E-state index >= 15 is 0 Å². The number of nitrogen functional groups attached to an aromatic ring is 1. The van der Waals surface area contributed by atoms with E-state index in [1.54, 1.807) is 6.92 Å². The Labute approximate surface area is 110 Å². The number of anilines is 1. The first-order valence-corrected chi connectivity index (χ1v) is 7.55. The van der Waals surface area contributed by atoms with Gasteiger partial charge in [0.05, 0.1) is 23.3 Å². The van der Waals surface area contributed by atoms with Gasteiger partial charge in [0.2, 0.25) is 0 Å². The zero-order valence-corrected chi connectivity index (χ0v) is 11.2. The third kappa shape index (κ3) is 2.83. The molecule has 1 amide bonds. The lowest BCUT2D eigenvalue weighted by atomic mass is 10.2. The van der Waals surface area contributed by atoms with Crippen LogP contribution >= 0.6 is 0 Å². The molecular formula is C11H14FN3O3S. The van der Waals surface area contributed by atoms with Gasteiger partial charge in [-0.15, -0.1) is 0 Å². The molecule has 104 valence electrons. The standard InChI is InChI=1S/C11H14FN3O3S/c1-7-6-19(17,18)3-2-15(7)11(16)9-4-8(12)5-14-10(9)13/h4-5,7H,2-3,6H2,1H3,(H2,13,14). The van der Waals surface area contributed by atoms with E-state index in [0.717, 1.165) is 12.3 Å². The van der Waals surface area contributed by atoms with Gasteiger partial charge in [-0.25, -0.2) is 17.8 Å². The maximum atomic E-state index is 13.1. The Kier molecular flexibility index (Phi) is 3.44. The van der Waals surface area contributed by atoms with Gasteiger partial charge in [-0.05, 0) is 13.0 Å². The Hall–Kier alpha value is -1.70. The van der Waals surface area contributed by atoms with Crippen LogP contribution in [0.3, 0.4) is 0 Å². The van der Waals surface area contributed by atoms with E-state index in [-0.39, 0.29) is 29.4 Å². The van der Waals surface area contributed by atoms with Gasteiger partial charge >= 0.3 is 0 Å². The quantitative estimate of drug-likeness (QED) is 0.788. The molecule has 1 aliphatic heterocycles. The molecule has 0 spiro atoms. The molecule has 8 heteroatoms. The van der Waals surface area contributed by atoms with Gasteiger partial charge in [-0.3, -0.25) is 4.79 Å². The number of carbonyl (C=O) groups is 1. The van der Waals surface area contributed by atoms with E-state index in [2.05, 4.69) is 4.98 Å². The van der Waals surface area contributed by atoms with Crippen LogP contribution in [-0.2, 0) is 9.84 Å². The van der Waals surface area contributed by atoms with Gasteiger partial charge in [0.1, 0.15) is 11.6 Å². The van der Waals surface area contributed by atoms with Crippen LogP contribution in [0, 0.1) is 5.82 Å². The number of halogens is 1. The second kappa shape index (κ2) is 4.76. The van der Waals surface area contributed by atoms with Crippen LogP contribution in [0.15, 0.2) is 12.3 Å². The van der Waals surface area contributed by atoms with Crippen molar-refractivity contribution in [2.75, 3.05) is 23.8 Å². The van der Waals surface area contributed by atoms with Crippen molar-refractivity contribution in [2.45, 2.75) is 13.0 Å². The predicted octanol–water partition coefficient (Wildman–Crippen LogP) is 0.0620. The molecule has 1 saturated heterocycles. The maximum absolute atomic E-state index is 13.1. The normalized spacial score (nSPS) is 22.2. The molecule has 1 aromatic rings. The molecule has 2 N–H and O–H groups in total. The number of nitrogens with two attached hydrogens (primary N) is 1. The molecule has 0 aromatic carbocycles. The number of nitrogens with zero attached hydrogens (tertiary/aromatic N) is 2. The Bertz CT molecular complexity index is 618. The van der Waals surface area contributed by atoms with Crippen LogP contribution in [0.4, 0.5) is 10.2 Å². The molecule has 0 aliphatic carbocycles. The number of rotatable bonds is 1. The second-order valence-electron chi connectivity index (χ2n) is 4.55. The van der Waals surface area contributed by atoms with E-state index in [9.17, 15) is 17.6 Å². The van der Waals surface area contributed by atoms with Crippen LogP contribution in [0.25, 0.3) is 0 Å². The van der Waals surface area contributed by atoms with E-state index in [4.69, 9.17) is 5.73 Å². The van der Waals surface area contributed by atoms with Crippen molar-refractivity contribution < 1.29 is 17.6 Å². The van der Waals surface area contributed by atoms with Crippen molar-refractivity contribution in [1.82, 2.24) is 9.88 Å². The average Bonchev–Trinajstić information content (AvgIpc) is 2.30. The zero-order chi connectivity index (χ0) is 14.2. The molecule has 0 radical (unpaired) electrons. The van der Waals surface area contributed by atoms with Gasteiger partial charge in [0, 0.05) is 12.6 Å². The number of pyridine rings is 1.